The lowest BCUT2D eigenvalue weighted by atomic mass is 10.1. The molecule has 0 fully saturated rings. The minimum Gasteiger partial charge on any atom is -0.415 e. The first-order valence-corrected chi connectivity index (χ1v) is 6.65. The van der Waals surface area contributed by atoms with E-state index in [1.54, 1.807) is 12.3 Å². The molecule has 0 aliphatic heterocycles. The van der Waals surface area contributed by atoms with Crippen LogP contribution in [0.25, 0.3) is 22.2 Å². The van der Waals surface area contributed by atoms with Crippen molar-refractivity contribution >= 4 is 28.1 Å². The highest BCUT2D eigenvalue weighted by Gasteiger charge is 2.16. The highest BCUT2D eigenvalue weighted by molar-refractivity contribution is 7.18. The zero-order valence-electron chi connectivity index (χ0n) is 9.92. The molecule has 96 valence electrons. The molecule has 0 aliphatic rings. The van der Waals surface area contributed by atoms with E-state index < -0.39 is 0 Å². The maximum atomic E-state index is 6.17. The molecule has 0 bridgehead atoms. The molecule has 2 aromatic heterocycles. The number of nitrogens with two attached hydrogens (primary N) is 1. The zero-order valence-corrected chi connectivity index (χ0v) is 11.5. The number of hydrogen-bond donors (Lipinski definition) is 1. The van der Waals surface area contributed by atoms with Gasteiger partial charge in [0.05, 0.1) is 16.8 Å². The van der Waals surface area contributed by atoms with Crippen LogP contribution < -0.4 is 5.73 Å². The Bertz CT molecular complexity index is 717. The maximum absolute atomic E-state index is 6.17. The topological polar surface area (TPSA) is 77.8 Å². The summed E-state index contributed by atoms with van der Waals surface area (Å²) in [5.74, 6) is 0.786. The Morgan fingerprint density at radius 3 is 2.74 bits per heavy atom. The van der Waals surface area contributed by atoms with Crippen molar-refractivity contribution in [2.24, 2.45) is 0 Å². The summed E-state index contributed by atoms with van der Waals surface area (Å²) in [4.78, 5) is 4.69. The van der Waals surface area contributed by atoms with E-state index in [-0.39, 0.29) is 0 Å². The Morgan fingerprint density at radius 1 is 1.26 bits per heavy atom. The maximum Gasteiger partial charge on any atom is 0.259 e. The average Bonchev–Trinajstić information content (AvgIpc) is 2.98. The van der Waals surface area contributed by atoms with Gasteiger partial charge in [-0.3, -0.25) is 0 Å². The first-order chi connectivity index (χ1) is 9.15. The third kappa shape index (κ3) is 2.20. The molecule has 0 saturated heterocycles. The molecule has 5 nitrogen and oxygen atoms in total. The van der Waals surface area contributed by atoms with Gasteiger partial charge in [0.15, 0.2) is 5.13 Å². The van der Waals surface area contributed by atoms with E-state index in [1.165, 1.54) is 11.3 Å². The molecule has 19 heavy (non-hydrogen) atoms. The first kappa shape index (κ1) is 12.1. The van der Waals surface area contributed by atoms with E-state index >= 15 is 0 Å². The number of anilines is 1. The minimum absolute atomic E-state index is 0.392. The molecular weight excluding hydrogens is 284 g/mol. The normalized spacial score (nSPS) is 10.8. The second-order valence-corrected chi connectivity index (χ2v) is 5.38. The van der Waals surface area contributed by atoms with Gasteiger partial charge >= 0.3 is 0 Å². The van der Waals surface area contributed by atoms with Gasteiger partial charge in [0.1, 0.15) is 4.88 Å². The molecule has 0 unspecified atom stereocenters. The lowest BCUT2D eigenvalue weighted by Crippen LogP contribution is -1.84. The molecule has 1 aromatic carbocycles. The number of aromatic nitrogens is 3. The highest BCUT2D eigenvalue weighted by Crippen LogP contribution is 2.33. The number of aryl methyl sites for hydroxylation is 1. The number of halogens is 1. The Labute approximate surface area is 118 Å². The summed E-state index contributed by atoms with van der Waals surface area (Å²) in [6.45, 7) is 1.94. The van der Waals surface area contributed by atoms with Crippen LogP contribution in [0.1, 0.15) is 5.56 Å². The molecule has 3 aromatic rings. The third-order valence-electron chi connectivity index (χ3n) is 2.60. The summed E-state index contributed by atoms with van der Waals surface area (Å²) in [6, 6.07) is 5.61. The van der Waals surface area contributed by atoms with Gasteiger partial charge in [-0.2, -0.15) is 0 Å². The van der Waals surface area contributed by atoms with Gasteiger partial charge in [0, 0.05) is 0 Å². The summed E-state index contributed by atoms with van der Waals surface area (Å²) in [7, 11) is 0. The fourth-order valence-corrected chi connectivity index (χ4v) is 2.62. The Hall–Kier alpha value is -1.92. The van der Waals surface area contributed by atoms with Crippen LogP contribution in [0, 0.1) is 6.92 Å². The largest absolute Gasteiger partial charge is 0.415 e. The van der Waals surface area contributed by atoms with Crippen LogP contribution in [-0.4, -0.2) is 15.2 Å². The van der Waals surface area contributed by atoms with Crippen LogP contribution >= 0.6 is 22.9 Å². The Morgan fingerprint density at radius 2 is 2.05 bits per heavy atom. The van der Waals surface area contributed by atoms with Gasteiger partial charge in [-0.25, -0.2) is 4.98 Å². The van der Waals surface area contributed by atoms with E-state index in [1.807, 2.05) is 19.1 Å². The van der Waals surface area contributed by atoms with Crippen molar-refractivity contribution in [3.8, 4) is 22.2 Å². The average molecular weight is 293 g/mol. The molecule has 3 rings (SSSR count). The Balaban J connectivity index is 2.06. The lowest BCUT2D eigenvalue weighted by molar-refractivity contribution is 0.585. The van der Waals surface area contributed by atoms with E-state index in [2.05, 4.69) is 15.2 Å². The molecule has 0 atom stereocenters. The molecule has 0 aliphatic carbocycles. The van der Waals surface area contributed by atoms with Crippen molar-refractivity contribution in [1.29, 1.82) is 0 Å². The highest BCUT2D eigenvalue weighted by atomic mass is 35.5. The van der Waals surface area contributed by atoms with Gasteiger partial charge in [0.2, 0.25) is 5.89 Å². The van der Waals surface area contributed by atoms with E-state index in [0.717, 1.165) is 16.0 Å². The number of benzene rings is 1. The third-order valence-corrected chi connectivity index (χ3v) is 3.72. The minimum atomic E-state index is 0.392. The van der Waals surface area contributed by atoms with Gasteiger partial charge in [-0.05, 0) is 18.6 Å². The van der Waals surface area contributed by atoms with E-state index in [0.29, 0.717) is 21.9 Å². The van der Waals surface area contributed by atoms with Crippen molar-refractivity contribution < 1.29 is 4.42 Å². The second-order valence-electron chi connectivity index (χ2n) is 3.91. The van der Waals surface area contributed by atoms with Crippen LogP contribution in [0.5, 0.6) is 0 Å². The molecular formula is C12H9ClN4OS. The van der Waals surface area contributed by atoms with Gasteiger partial charge < -0.3 is 10.2 Å². The van der Waals surface area contributed by atoms with Crippen LogP contribution in [-0.2, 0) is 0 Å². The Kier molecular flexibility index (Phi) is 2.96. The van der Waals surface area contributed by atoms with Crippen molar-refractivity contribution in [1.82, 2.24) is 15.2 Å². The molecule has 0 radical (unpaired) electrons. The quantitative estimate of drug-likeness (QED) is 0.783. The predicted molar refractivity (Wildman–Crippen MR) is 75.0 cm³/mol. The predicted octanol–water partition coefficient (Wildman–Crippen LogP) is 3.40. The van der Waals surface area contributed by atoms with Crippen molar-refractivity contribution in [2.45, 2.75) is 6.92 Å². The van der Waals surface area contributed by atoms with Crippen LogP contribution in [0.15, 0.2) is 28.8 Å². The van der Waals surface area contributed by atoms with Gasteiger partial charge in [-0.1, -0.05) is 35.1 Å². The summed E-state index contributed by atoms with van der Waals surface area (Å²) in [5.41, 5.74) is 7.31. The van der Waals surface area contributed by atoms with Gasteiger partial charge in [-0.15, -0.1) is 10.2 Å². The van der Waals surface area contributed by atoms with Crippen molar-refractivity contribution in [3.63, 3.8) is 0 Å². The second kappa shape index (κ2) is 4.64. The fraction of sp³-hybridized carbons (Fsp3) is 0.0833. The molecule has 0 amide bonds. The standard InChI is InChI=1S/C12H9ClN4OS/c1-6-3-2-4-7(13)9(6)11-17-16-10(18-11)8-5-15-12(14)19-8/h2-5H,1H3,(H2,14,15). The molecule has 7 heteroatoms. The summed E-state index contributed by atoms with van der Waals surface area (Å²) < 4.78 is 5.64. The number of thiazole rings is 1. The number of hydrogen-bond acceptors (Lipinski definition) is 6. The first-order valence-electron chi connectivity index (χ1n) is 5.46. The summed E-state index contributed by atoms with van der Waals surface area (Å²) >= 11 is 7.46. The summed E-state index contributed by atoms with van der Waals surface area (Å²) in [5, 5.41) is 9.07. The monoisotopic (exact) mass is 292 g/mol. The van der Waals surface area contributed by atoms with E-state index in [4.69, 9.17) is 21.8 Å². The van der Waals surface area contributed by atoms with Crippen molar-refractivity contribution in [3.05, 3.63) is 35.0 Å². The smallest absolute Gasteiger partial charge is 0.259 e. The van der Waals surface area contributed by atoms with Gasteiger partial charge in [0.25, 0.3) is 5.89 Å². The molecule has 0 saturated carbocycles. The fourth-order valence-electron chi connectivity index (χ4n) is 1.71. The molecule has 0 spiro atoms. The van der Waals surface area contributed by atoms with Crippen LogP contribution in [0.4, 0.5) is 5.13 Å². The number of nitrogen functional groups attached to an aromatic ring is 1. The SMILES string of the molecule is Cc1cccc(Cl)c1-c1nnc(-c2cnc(N)s2)o1. The van der Waals surface area contributed by atoms with E-state index in [9.17, 15) is 0 Å². The van der Waals surface area contributed by atoms with Crippen LogP contribution in [0.2, 0.25) is 5.02 Å². The lowest BCUT2D eigenvalue weighted by Gasteiger charge is -2.02. The molecule has 2 heterocycles. The zero-order chi connectivity index (χ0) is 13.4. The van der Waals surface area contributed by atoms with Crippen molar-refractivity contribution in [2.75, 3.05) is 5.73 Å². The van der Waals surface area contributed by atoms with Crippen LogP contribution in [0.3, 0.4) is 0 Å². The summed E-state index contributed by atoms with van der Waals surface area (Å²) in [6.07, 6.45) is 1.61. The number of nitrogens with zero attached hydrogens (tertiary/aromatic N) is 3. The molecule has 2 N–H and O–H groups in total. The number of rotatable bonds is 2.